The Bertz CT molecular complexity index is 376. The zero-order valence-corrected chi connectivity index (χ0v) is 10.4. The number of carbonyl (C=O) groups excluding carboxylic acids is 1. The zero-order chi connectivity index (χ0) is 12.1. The van der Waals surface area contributed by atoms with Gasteiger partial charge in [-0.2, -0.15) is 0 Å². The fourth-order valence-corrected chi connectivity index (χ4v) is 2.88. The summed E-state index contributed by atoms with van der Waals surface area (Å²) in [6, 6.07) is 0. The predicted octanol–water partition coefficient (Wildman–Crippen LogP) is 1.96. The van der Waals surface area contributed by atoms with Gasteiger partial charge in [0.05, 0.1) is 17.1 Å². The highest BCUT2D eigenvalue weighted by molar-refractivity contribution is 5.82. The highest BCUT2D eigenvalue weighted by Crippen LogP contribution is 2.53. The highest BCUT2D eigenvalue weighted by Gasteiger charge is 2.61. The average Bonchev–Trinajstić information content (AvgIpc) is 2.63. The minimum Gasteiger partial charge on any atom is -0.360 e. The summed E-state index contributed by atoms with van der Waals surface area (Å²) in [5.74, 6) is 0.154. The molecule has 0 spiro atoms. The summed E-state index contributed by atoms with van der Waals surface area (Å²) in [6.45, 7) is 9.73. The number of hydrogen-bond donors (Lipinski definition) is 0. The summed E-state index contributed by atoms with van der Waals surface area (Å²) in [7, 11) is 1.74. The number of nitrogens with zero attached hydrogens (tertiary/aromatic N) is 1. The molecule has 0 aromatic rings. The van der Waals surface area contributed by atoms with E-state index in [1.165, 1.54) is 0 Å². The first-order valence-electron chi connectivity index (χ1n) is 5.64. The number of amides is 1. The molecule has 0 aromatic carbocycles. The predicted molar refractivity (Wildman–Crippen MR) is 62.7 cm³/mol. The largest absolute Gasteiger partial charge is 0.360 e. The molecule has 4 unspecified atom stereocenters. The highest BCUT2D eigenvalue weighted by atomic mass is 16.5. The summed E-state index contributed by atoms with van der Waals surface area (Å²) in [6.07, 6.45) is 5.65. The van der Waals surface area contributed by atoms with Crippen LogP contribution in [0, 0.1) is 11.8 Å². The third kappa shape index (κ3) is 1.27. The number of hydrogen-bond acceptors (Lipinski definition) is 2. The van der Waals surface area contributed by atoms with E-state index in [1.54, 1.807) is 18.1 Å². The van der Waals surface area contributed by atoms with Crippen LogP contribution in [0.25, 0.3) is 0 Å². The summed E-state index contributed by atoms with van der Waals surface area (Å²) in [5.41, 5.74) is -0.750. The Morgan fingerprint density at radius 1 is 1.44 bits per heavy atom. The lowest BCUT2D eigenvalue weighted by Gasteiger charge is -2.31. The quantitative estimate of drug-likeness (QED) is 0.667. The maximum atomic E-state index is 12.3. The van der Waals surface area contributed by atoms with Gasteiger partial charge in [-0.15, -0.1) is 0 Å². The molecule has 2 aliphatic rings. The summed E-state index contributed by atoms with van der Waals surface area (Å²) >= 11 is 0. The van der Waals surface area contributed by atoms with Crippen LogP contribution in [0.3, 0.4) is 0 Å². The van der Waals surface area contributed by atoms with Crippen molar-refractivity contribution in [3.05, 3.63) is 24.9 Å². The molecule has 2 rings (SSSR count). The number of ether oxygens (including phenoxy) is 1. The number of rotatable bonds is 2. The maximum Gasteiger partial charge on any atom is 0.232 e. The summed E-state index contributed by atoms with van der Waals surface area (Å²) in [4.78, 5) is 13.8. The van der Waals surface area contributed by atoms with Gasteiger partial charge < -0.3 is 9.64 Å². The van der Waals surface area contributed by atoms with Crippen molar-refractivity contribution in [3.63, 3.8) is 0 Å². The summed E-state index contributed by atoms with van der Waals surface area (Å²) < 4.78 is 6.00. The lowest BCUT2D eigenvalue weighted by molar-refractivity contribution is -0.136. The van der Waals surface area contributed by atoms with Gasteiger partial charge in [0.15, 0.2) is 0 Å². The Labute approximate surface area is 96.8 Å². The first-order valence-corrected chi connectivity index (χ1v) is 5.64. The first kappa shape index (κ1) is 11.4. The third-order valence-corrected chi connectivity index (χ3v) is 4.09. The van der Waals surface area contributed by atoms with Crippen molar-refractivity contribution < 1.29 is 9.53 Å². The van der Waals surface area contributed by atoms with E-state index in [9.17, 15) is 4.79 Å². The van der Waals surface area contributed by atoms with Crippen LogP contribution in [0.2, 0.25) is 0 Å². The van der Waals surface area contributed by atoms with Crippen LogP contribution in [0.5, 0.6) is 0 Å². The first-order chi connectivity index (χ1) is 7.34. The van der Waals surface area contributed by atoms with E-state index >= 15 is 0 Å². The van der Waals surface area contributed by atoms with Crippen molar-refractivity contribution >= 4 is 5.91 Å². The second-order valence-electron chi connectivity index (χ2n) is 5.20. The van der Waals surface area contributed by atoms with E-state index in [4.69, 9.17) is 4.74 Å². The molecule has 4 atom stereocenters. The molecule has 0 aromatic heterocycles. The Morgan fingerprint density at radius 3 is 2.44 bits per heavy atom. The number of carbonyl (C=O) groups is 1. The molecule has 1 fully saturated rings. The van der Waals surface area contributed by atoms with E-state index in [0.29, 0.717) is 0 Å². The van der Waals surface area contributed by atoms with Gasteiger partial charge in [0, 0.05) is 13.0 Å². The second kappa shape index (κ2) is 3.20. The van der Waals surface area contributed by atoms with Crippen LogP contribution in [-0.4, -0.2) is 29.1 Å². The molecule has 88 valence electrons. The van der Waals surface area contributed by atoms with Gasteiger partial charge in [0.1, 0.15) is 0 Å². The third-order valence-electron chi connectivity index (χ3n) is 4.09. The van der Waals surface area contributed by atoms with Crippen LogP contribution in [0.15, 0.2) is 24.9 Å². The minimum atomic E-state index is -0.456. The monoisotopic (exact) mass is 221 g/mol. The Hall–Kier alpha value is -1.09. The molecule has 2 aliphatic heterocycles. The molecule has 3 nitrogen and oxygen atoms in total. The van der Waals surface area contributed by atoms with Gasteiger partial charge in [-0.1, -0.05) is 25.7 Å². The molecule has 0 saturated carbocycles. The van der Waals surface area contributed by atoms with Gasteiger partial charge >= 0.3 is 0 Å². The van der Waals surface area contributed by atoms with E-state index in [2.05, 4.69) is 19.6 Å². The summed E-state index contributed by atoms with van der Waals surface area (Å²) in [5, 5.41) is 0. The Balaban J connectivity index is 2.34. The SMILES string of the molecule is C=CN(C)C(=O)C1C(C)C2(C)C=CC1(C)O2. The molecule has 0 aliphatic carbocycles. The Kier molecular flexibility index (Phi) is 2.28. The molecule has 1 amide bonds. The molecule has 2 bridgehead atoms. The van der Waals surface area contributed by atoms with Crippen molar-refractivity contribution in [2.45, 2.75) is 32.0 Å². The van der Waals surface area contributed by atoms with Crippen LogP contribution < -0.4 is 0 Å². The van der Waals surface area contributed by atoms with Crippen LogP contribution >= 0.6 is 0 Å². The molecular weight excluding hydrogens is 202 g/mol. The lowest BCUT2D eigenvalue weighted by Crippen LogP contribution is -2.44. The van der Waals surface area contributed by atoms with Crippen LogP contribution in [-0.2, 0) is 9.53 Å². The van der Waals surface area contributed by atoms with Crippen molar-refractivity contribution in [1.82, 2.24) is 4.90 Å². The van der Waals surface area contributed by atoms with Gasteiger partial charge in [-0.05, 0) is 20.0 Å². The molecule has 2 heterocycles. The van der Waals surface area contributed by atoms with Crippen molar-refractivity contribution in [2.24, 2.45) is 11.8 Å². The molecule has 1 saturated heterocycles. The topological polar surface area (TPSA) is 29.5 Å². The fraction of sp³-hybridized carbons (Fsp3) is 0.615. The van der Waals surface area contributed by atoms with Crippen molar-refractivity contribution in [2.75, 3.05) is 7.05 Å². The van der Waals surface area contributed by atoms with E-state index in [0.717, 1.165) is 0 Å². The normalized spacial score (nSPS) is 44.8. The lowest BCUT2D eigenvalue weighted by atomic mass is 9.72. The molecule has 0 radical (unpaired) electrons. The van der Waals surface area contributed by atoms with Crippen molar-refractivity contribution in [1.29, 1.82) is 0 Å². The molecule has 16 heavy (non-hydrogen) atoms. The van der Waals surface area contributed by atoms with Gasteiger partial charge in [-0.25, -0.2) is 0 Å². The van der Waals surface area contributed by atoms with Crippen LogP contribution in [0.1, 0.15) is 20.8 Å². The van der Waals surface area contributed by atoms with E-state index in [1.807, 2.05) is 19.9 Å². The Morgan fingerprint density at radius 2 is 2.00 bits per heavy atom. The molecule has 0 N–H and O–H groups in total. The fourth-order valence-electron chi connectivity index (χ4n) is 2.88. The smallest absolute Gasteiger partial charge is 0.232 e. The van der Waals surface area contributed by atoms with Gasteiger partial charge in [0.2, 0.25) is 5.91 Å². The molecular formula is C13H19NO2. The minimum absolute atomic E-state index is 0.0816. The standard InChI is InChI=1S/C13H19NO2/c1-6-14(5)11(15)10-9(2)12(3)7-8-13(10,4)16-12/h6-10H,1H2,2-5H3. The molecule has 3 heteroatoms. The van der Waals surface area contributed by atoms with E-state index in [-0.39, 0.29) is 23.3 Å². The van der Waals surface area contributed by atoms with E-state index < -0.39 is 5.60 Å². The van der Waals surface area contributed by atoms with Gasteiger partial charge in [0.25, 0.3) is 0 Å². The van der Waals surface area contributed by atoms with Crippen LogP contribution in [0.4, 0.5) is 0 Å². The zero-order valence-electron chi connectivity index (χ0n) is 10.4. The average molecular weight is 221 g/mol. The second-order valence-corrected chi connectivity index (χ2v) is 5.20. The maximum absolute atomic E-state index is 12.3. The number of fused-ring (bicyclic) bond motifs is 2. The van der Waals surface area contributed by atoms with Gasteiger partial charge in [-0.3, -0.25) is 4.79 Å². The van der Waals surface area contributed by atoms with Crippen molar-refractivity contribution in [3.8, 4) is 0 Å².